The average Bonchev–Trinajstić information content (AvgIpc) is 3.38. The third-order valence-corrected chi connectivity index (χ3v) is 7.81. The van der Waals surface area contributed by atoms with E-state index in [1.165, 1.54) is 0 Å². The van der Waals surface area contributed by atoms with E-state index in [1.807, 2.05) is 114 Å². The fourth-order valence-corrected chi connectivity index (χ4v) is 5.36. The van der Waals surface area contributed by atoms with Crippen molar-refractivity contribution >= 4 is 40.4 Å². The molecule has 0 radical (unpaired) electrons. The first-order valence-electron chi connectivity index (χ1n) is 14.7. The molecule has 3 aliphatic heterocycles. The highest BCUT2D eigenvalue weighted by molar-refractivity contribution is 6.46. The number of carbonyl (C=O) groups excluding carboxylic acids is 1. The van der Waals surface area contributed by atoms with Gasteiger partial charge in [0.1, 0.15) is 29.5 Å². The normalized spacial score (nSPS) is 16.5. The molecular formula is C36H31N5O3. The summed E-state index contributed by atoms with van der Waals surface area (Å²) in [5.41, 5.74) is 5.24. The zero-order valence-corrected chi connectivity index (χ0v) is 24.4. The number of ether oxygens (including phenoxy) is 2. The molecule has 0 N–H and O–H groups in total. The third-order valence-electron chi connectivity index (χ3n) is 7.81. The van der Waals surface area contributed by atoms with Crippen molar-refractivity contribution in [2.24, 2.45) is 15.0 Å². The second-order valence-corrected chi connectivity index (χ2v) is 10.9. The first kappa shape index (κ1) is 27.5. The maximum atomic E-state index is 13.5. The molecule has 4 aromatic carbocycles. The molecule has 1 saturated heterocycles. The number of amides is 1. The lowest BCUT2D eigenvalue weighted by atomic mass is 10.1. The predicted octanol–water partition coefficient (Wildman–Crippen LogP) is 5.93. The van der Waals surface area contributed by atoms with Crippen LogP contribution in [0.4, 0.5) is 11.4 Å². The van der Waals surface area contributed by atoms with Crippen LogP contribution in [-0.2, 0) is 4.79 Å². The number of hydrogen-bond acceptors (Lipinski definition) is 7. The van der Waals surface area contributed by atoms with E-state index in [9.17, 15) is 4.79 Å². The lowest BCUT2D eigenvalue weighted by molar-refractivity contribution is -0.125. The van der Waals surface area contributed by atoms with Gasteiger partial charge in [0.25, 0.3) is 5.91 Å². The van der Waals surface area contributed by atoms with Crippen molar-refractivity contribution in [3.8, 4) is 11.5 Å². The minimum Gasteiger partial charge on any atom is -0.454 e. The van der Waals surface area contributed by atoms with Gasteiger partial charge in [-0.05, 0) is 49.5 Å². The van der Waals surface area contributed by atoms with Crippen LogP contribution in [0.3, 0.4) is 0 Å². The smallest absolute Gasteiger partial charge is 0.272 e. The summed E-state index contributed by atoms with van der Waals surface area (Å²) in [5, 5.41) is 0. The van der Waals surface area contributed by atoms with Crippen LogP contribution in [0.2, 0.25) is 0 Å². The summed E-state index contributed by atoms with van der Waals surface area (Å²) in [4.78, 5) is 32.0. The molecule has 0 aliphatic carbocycles. The fourth-order valence-electron chi connectivity index (χ4n) is 5.36. The Kier molecular flexibility index (Phi) is 7.56. The summed E-state index contributed by atoms with van der Waals surface area (Å²) in [5.74, 6) is 2.40. The predicted molar refractivity (Wildman–Crippen MR) is 174 cm³/mol. The number of rotatable bonds is 4. The van der Waals surface area contributed by atoms with Crippen LogP contribution in [0.25, 0.3) is 5.76 Å². The van der Waals surface area contributed by atoms with E-state index < -0.39 is 0 Å². The molecule has 3 heterocycles. The van der Waals surface area contributed by atoms with Crippen LogP contribution >= 0.6 is 0 Å². The van der Waals surface area contributed by atoms with E-state index in [1.54, 1.807) is 0 Å². The Bertz CT molecular complexity index is 1820. The monoisotopic (exact) mass is 581 g/mol. The van der Waals surface area contributed by atoms with Crippen molar-refractivity contribution in [3.05, 3.63) is 126 Å². The number of para-hydroxylation sites is 3. The molecule has 1 amide bonds. The van der Waals surface area contributed by atoms with Gasteiger partial charge < -0.3 is 19.3 Å². The van der Waals surface area contributed by atoms with Crippen molar-refractivity contribution < 1.29 is 14.3 Å². The minimum absolute atomic E-state index is 0.0657. The molecule has 7 rings (SSSR count). The number of likely N-dealkylation sites (N-methyl/N-ethyl adjacent to an activating group) is 1. The van der Waals surface area contributed by atoms with Crippen LogP contribution in [0.1, 0.15) is 16.7 Å². The van der Waals surface area contributed by atoms with Crippen LogP contribution in [0.15, 0.2) is 124 Å². The molecule has 0 atom stereocenters. The number of aliphatic imine (C=N–C) groups is 3. The van der Waals surface area contributed by atoms with Gasteiger partial charge in [-0.15, -0.1) is 0 Å². The van der Waals surface area contributed by atoms with E-state index in [4.69, 9.17) is 24.5 Å². The van der Waals surface area contributed by atoms with Gasteiger partial charge in [-0.25, -0.2) is 9.98 Å². The van der Waals surface area contributed by atoms with Gasteiger partial charge >= 0.3 is 0 Å². The highest BCUT2D eigenvalue weighted by Crippen LogP contribution is 2.35. The maximum absolute atomic E-state index is 13.5. The quantitative estimate of drug-likeness (QED) is 0.300. The van der Waals surface area contributed by atoms with Gasteiger partial charge in [-0.1, -0.05) is 60.7 Å². The molecule has 0 unspecified atom stereocenters. The molecule has 44 heavy (non-hydrogen) atoms. The standard InChI is InChI=1S/C36H31N5O3/c1-40-19-21-41(22-20-40)36(42)35-28-11-5-6-12-29(28)39-34(24-37-35)43-27-17-15-25(16-18-27)31-23-33(26-9-3-2-4-10-26)44-32-14-8-7-13-30(32)38-31/h2-18,23H,19-22,24H2,1H3. The first-order valence-corrected chi connectivity index (χ1v) is 14.7. The number of carbonyl (C=O) groups is 1. The molecule has 0 spiro atoms. The van der Waals surface area contributed by atoms with E-state index in [2.05, 4.69) is 11.9 Å². The van der Waals surface area contributed by atoms with Gasteiger partial charge in [0.05, 0.1) is 11.4 Å². The molecule has 0 aromatic heterocycles. The highest BCUT2D eigenvalue weighted by Gasteiger charge is 2.27. The van der Waals surface area contributed by atoms with Gasteiger partial charge in [-0.2, -0.15) is 0 Å². The van der Waals surface area contributed by atoms with Crippen LogP contribution in [0, 0.1) is 0 Å². The number of hydrogen-bond donors (Lipinski definition) is 0. The van der Waals surface area contributed by atoms with Crippen molar-refractivity contribution in [1.82, 2.24) is 9.80 Å². The van der Waals surface area contributed by atoms with Crippen molar-refractivity contribution in [1.29, 1.82) is 0 Å². The lowest BCUT2D eigenvalue weighted by Gasteiger charge is -2.32. The summed E-state index contributed by atoms with van der Waals surface area (Å²) in [6, 6.07) is 33.1. The molecule has 3 aliphatic rings. The number of piperazine rings is 1. The Hall–Kier alpha value is -5.34. The SMILES string of the molecule is CN1CCN(C(=O)C2=NCC(Oc3ccc(C4=Nc5ccccc5OC(c5ccccc5)=C4)cc3)=Nc3ccccc32)CC1. The minimum atomic E-state index is -0.0657. The Morgan fingerprint density at radius 2 is 1.45 bits per heavy atom. The zero-order valence-electron chi connectivity index (χ0n) is 24.4. The Morgan fingerprint density at radius 1 is 0.750 bits per heavy atom. The topological polar surface area (TPSA) is 79.1 Å². The summed E-state index contributed by atoms with van der Waals surface area (Å²) in [6.07, 6.45) is 1.96. The Balaban J connectivity index is 1.14. The second-order valence-electron chi connectivity index (χ2n) is 10.9. The third kappa shape index (κ3) is 5.80. The summed E-state index contributed by atoms with van der Waals surface area (Å²) >= 11 is 0. The van der Waals surface area contributed by atoms with Crippen LogP contribution < -0.4 is 9.47 Å². The molecular weight excluding hydrogens is 550 g/mol. The highest BCUT2D eigenvalue weighted by atomic mass is 16.5. The molecule has 218 valence electrons. The summed E-state index contributed by atoms with van der Waals surface area (Å²) in [6.45, 7) is 3.21. The van der Waals surface area contributed by atoms with E-state index in [0.29, 0.717) is 41.9 Å². The number of benzene rings is 4. The average molecular weight is 582 g/mol. The number of fused-ring (bicyclic) bond motifs is 2. The van der Waals surface area contributed by atoms with Gasteiger partial charge in [-0.3, -0.25) is 9.79 Å². The van der Waals surface area contributed by atoms with E-state index in [-0.39, 0.29) is 12.5 Å². The fraction of sp³-hybridized carbons (Fsp3) is 0.167. The van der Waals surface area contributed by atoms with Gasteiger partial charge in [0, 0.05) is 48.9 Å². The molecule has 8 nitrogen and oxygen atoms in total. The van der Waals surface area contributed by atoms with Gasteiger partial charge in [0.15, 0.2) is 5.75 Å². The summed E-state index contributed by atoms with van der Waals surface area (Å²) in [7, 11) is 2.07. The Labute approximate surface area is 256 Å². The van der Waals surface area contributed by atoms with Gasteiger partial charge in [0.2, 0.25) is 5.90 Å². The largest absolute Gasteiger partial charge is 0.454 e. The van der Waals surface area contributed by atoms with Crippen molar-refractivity contribution in [2.75, 3.05) is 39.8 Å². The maximum Gasteiger partial charge on any atom is 0.272 e. The van der Waals surface area contributed by atoms with Crippen LogP contribution in [0.5, 0.6) is 11.5 Å². The molecule has 0 saturated carbocycles. The first-order chi connectivity index (χ1) is 21.6. The molecule has 8 heteroatoms. The molecule has 0 bridgehead atoms. The summed E-state index contributed by atoms with van der Waals surface area (Å²) < 4.78 is 12.5. The Morgan fingerprint density at radius 3 is 2.25 bits per heavy atom. The van der Waals surface area contributed by atoms with Crippen LogP contribution in [-0.4, -0.2) is 72.8 Å². The van der Waals surface area contributed by atoms with Crippen molar-refractivity contribution in [3.63, 3.8) is 0 Å². The van der Waals surface area contributed by atoms with E-state index in [0.717, 1.165) is 46.9 Å². The second kappa shape index (κ2) is 12.1. The zero-order chi connectivity index (χ0) is 29.9. The van der Waals surface area contributed by atoms with E-state index >= 15 is 0 Å². The lowest BCUT2D eigenvalue weighted by Crippen LogP contribution is -2.49. The van der Waals surface area contributed by atoms with Crippen molar-refractivity contribution in [2.45, 2.75) is 0 Å². The number of nitrogens with zero attached hydrogens (tertiary/aromatic N) is 5. The molecule has 1 fully saturated rings. The molecule has 4 aromatic rings. The number of allylic oxidation sites excluding steroid dienone is 1.